The first-order valence-electron chi connectivity index (χ1n) is 9.63. The van der Waals surface area contributed by atoms with Gasteiger partial charge in [0, 0.05) is 0 Å². The van der Waals surface area contributed by atoms with E-state index in [1.54, 1.807) is 0 Å². The summed E-state index contributed by atoms with van der Waals surface area (Å²) in [6.45, 7) is 17.1. The van der Waals surface area contributed by atoms with Crippen LogP contribution < -0.4 is 0 Å². The van der Waals surface area contributed by atoms with Gasteiger partial charge in [0.1, 0.15) is 0 Å². The topological polar surface area (TPSA) is 0 Å². The second-order valence-corrected chi connectivity index (χ2v) is 8.47. The smallest absolute Gasteiger partial charge is 0.0146 e. The molecule has 0 heterocycles. The van der Waals surface area contributed by atoms with Gasteiger partial charge in [-0.25, -0.2) is 0 Å². The van der Waals surface area contributed by atoms with Gasteiger partial charge in [-0.2, -0.15) is 0 Å². The molecule has 1 heteroatoms. The van der Waals surface area contributed by atoms with Gasteiger partial charge in [0.2, 0.25) is 0 Å². The third-order valence-corrected chi connectivity index (χ3v) is 5.80. The van der Waals surface area contributed by atoms with Crippen LogP contribution in [0.5, 0.6) is 0 Å². The minimum Gasteiger partial charge on any atom is -0.0990 e. The van der Waals surface area contributed by atoms with E-state index in [1.165, 1.54) is 38.4 Å². The van der Waals surface area contributed by atoms with Crippen molar-refractivity contribution in [3.8, 4) is 11.1 Å². The predicted octanol–water partition coefficient (Wildman–Crippen LogP) is 8.47. The summed E-state index contributed by atoms with van der Waals surface area (Å²) < 4.78 is 0. The van der Waals surface area contributed by atoms with E-state index in [0.717, 1.165) is 6.42 Å². The molecule has 0 nitrogen and oxygen atoms in total. The second-order valence-electron chi connectivity index (χ2n) is 7.04. The van der Waals surface area contributed by atoms with E-state index in [2.05, 4.69) is 102 Å². The first kappa shape index (κ1) is 21.1. The fourth-order valence-corrected chi connectivity index (χ4v) is 4.16. The Balaban J connectivity index is 2.39. The van der Waals surface area contributed by atoms with E-state index in [4.69, 9.17) is 0 Å². The molecule has 0 amide bonds. The quantitative estimate of drug-likeness (QED) is 0.321. The van der Waals surface area contributed by atoms with E-state index in [1.807, 2.05) is 6.08 Å². The Labute approximate surface area is 167 Å². The molecule has 0 aromatic heterocycles. The summed E-state index contributed by atoms with van der Waals surface area (Å²) in [7, 11) is 0.551. The second kappa shape index (κ2) is 10.2. The van der Waals surface area contributed by atoms with Gasteiger partial charge in [-0.15, -0.1) is 0 Å². The molecule has 0 N–H and O–H groups in total. The number of hydrogen-bond acceptors (Lipinski definition) is 0. The van der Waals surface area contributed by atoms with Gasteiger partial charge >= 0.3 is 0 Å². The third-order valence-electron chi connectivity index (χ3n) is 4.58. The van der Waals surface area contributed by atoms with E-state index in [-0.39, 0.29) is 0 Å². The summed E-state index contributed by atoms with van der Waals surface area (Å²) in [6, 6.07) is 15.4. The van der Waals surface area contributed by atoms with Gasteiger partial charge in [-0.05, 0) is 57.7 Å². The van der Waals surface area contributed by atoms with Crippen molar-refractivity contribution < 1.29 is 0 Å². The lowest BCUT2D eigenvalue weighted by Crippen LogP contribution is -1.95. The van der Waals surface area contributed by atoms with Crippen LogP contribution in [-0.4, -0.2) is 0 Å². The van der Waals surface area contributed by atoms with Crippen molar-refractivity contribution in [2.75, 3.05) is 0 Å². The van der Waals surface area contributed by atoms with Crippen LogP contribution in [0, 0.1) is 6.92 Å². The van der Waals surface area contributed by atoms with Crippen LogP contribution >= 0.6 is 8.58 Å². The normalized spacial score (nSPS) is 12.4. The number of aryl methyl sites for hydroxylation is 1. The zero-order chi connectivity index (χ0) is 19.8. The Morgan fingerprint density at radius 3 is 2.48 bits per heavy atom. The maximum absolute atomic E-state index is 4.38. The summed E-state index contributed by atoms with van der Waals surface area (Å²) in [5, 5.41) is 2.44. The summed E-state index contributed by atoms with van der Waals surface area (Å²) in [6.07, 6.45) is 9.36. The summed E-state index contributed by atoms with van der Waals surface area (Å²) in [5.41, 5.74) is 6.57. The average Bonchev–Trinajstić information content (AvgIpc) is 2.66. The average molecular weight is 375 g/mol. The van der Waals surface area contributed by atoms with Crippen LogP contribution in [0.3, 0.4) is 0 Å². The number of allylic oxidation sites excluding steroid dienone is 5. The summed E-state index contributed by atoms with van der Waals surface area (Å²) >= 11 is 0. The van der Waals surface area contributed by atoms with Crippen LogP contribution in [-0.2, 0) is 0 Å². The Morgan fingerprint density at radius 2 is 1.85 bits per heavy atom. The molecule has 0 aliphatic carbocycles. The monoisotopic (exact) mass is 374 g/mol. The van der Waals surface area contributed by atoms with E-state index >= 15 is 0 Å². The highest BCUT2D eigenvalue weighted by Gasteiger charge is 2.12. The number of rotatable bonds is 8. The van der Waals surface area contributed by atoms with Gasteiger partial charge in [0.25, 0.3) is 0 Å². The molecule has 2 aromatic rings. The predicted molar refractivity (Wildman–Crippen MR) is 126 cm³/mol. The highest BCUT2D eigenvalue weighted by Crippen LogP contribution is 2.42. The van der Waals surface area contributed by atoms with Gasteiger partial charge in [-0.3, -0.25) is 0 Å². The Morgan fingerprint density at radius 1 is 1.11 bits per heavy atom. The molecular weight excluding hydrogens is 343 g/mol. The Hall–Kier alpha value is -2.17. The molecule has 0 fully saturated rings. The van der Waals surface area contributed by atoms with E-state index < -0.39 is 0 Å². The largest absolute Gasteiger partial charge is 0.0990 e. The molecule has 0 saturated carbocycles. The first-order chi connectivity index (χ1) is 13.0. The van der Waals surface area contributed by atoms with Crippen molar-refractivity contribution >= 4 is 13.9 Å². The van der Waals surface area contributed by atoms with Gasteiger partial charge in [0.05, 0.1) is 0 Å². The van der Waals surface area contributed by atoms with E-state index in [9.17, 15) is 0 Å². The molecule has 2 rings (SSSR count). The van der Waals surface area contributed by atoms with Crippen LogP contribution in [0.25, 0.3) is 16.4 Å². The van der Waals surface area contributed by atoms with Crippen molar-refractivity contribution in [3.63, 3.8) is 0 Å². The first-order valence-corrected chi connectivity index (χ1v) is 10.6. The van der Waals surface area contributed by atoms with Crippen molar-refractivity contribution in [2.45, 2.75) is 40.0 Å². The summed E-state index contributed by atoms with van der Waals surface area (Å²) in [4.78, 5) is 0. The molecule has 0 aliphatic rings. The number of benzene rings is 2. The summed E-state index contributed by atoms with van der Waals surface area (Å²) in [5.74, 6) is 0.457. The highest BCUT2D eigenvalue weighted by atomic mass is 31.1. The van der Waals surface area contributed by atoms with Gasteiger partial charge < -0.3 is 0 Å². The van der Waals surface area contributed by atoms with Crippen LogP contribution in [0.1, 0.15) is 49.8 Å². The lowest BCUT2D eigenvalue weighted by molar-refractivity contribution is 0.868. The Kier molecular flexibility index (Phi) is 8.01. The minimum absolute atomic E-state index is 0.457. The molecule has 0 saturated heterocycles. The standard InChI is InChI=1S/C26H31P/c1-7-9-14-23(12-8-2)27-21(6)22-16-17-25(26(18-22)19(3)4)24-15-11-10-13-20(24)5/h8-19,27H,2,6-7H2,1,3-5H3/b14-9-,23-12+. The maximum Gasteiger partial charge on any atom is -0.0146 e. The van der Waals surface area contributed by atoms with E-state index in [0.29, 0.717) is 14.5 Å². The minimum atomic E-state index is 0.457. The lowest BCUT2D eigenvalue weighted by atomic mass is 9.89. The van der Waals surface area contributed by atoms with Gasteiger partial charge in [-0.1, -0.05) is 109 Å². The molecule has 0 radical (unpaired) electrons. The van der Waals surface area contributed by atoms with Crippen molar-refractivity contribution in [3.05, 3.63) is 102 Å². The fourth-order valence-electron chi connectivity index (χ4n) is 3.11. The number of hydrogen-bond donors (Lipinski definition) is 0. The zero-order valence-corrected chi connectivity index (χ0v) is 18.0. The third kappa shape index (κ3) is 5.65. The zero-order valence-electron chi connectivity index (χ0n) is 17.0. The molecular formula is C26H31P. The Bertz CT molecular complexity index is 866. The van der Waals surface area contributed by atoms with Crippen molar-refractivity contribution in [1.82, 2.24) is 0 Å². The molecule has 0 bridgehead atoms. The van der Waals surface area contributed by atoms with Crippen LogP contribution in [0.2, 0.25) is 0 Å². The SMILES string of the molecule is C=C/C=C(\C=C/CC)PC(=C)c1ccc(-c2ccccc2C)c(C(C)C)c1. The van der Waals surface area contributed by atoms with Crippen molar-refractivity contribution in [2.24, 2.45) is 0 Å². The van der Waals surface area contributed by atoms with Crippen LogP contribution in [0.4, 0.5) is 0 Å². The molecule has 2 aromatic carbocycles. The molecule has 27 heavy (non-hydrogen) atoms. The lowest BCUT2D eigenvalue weighted by Gasteiger charge is -2.17. The highest BCUT2D eigenvalue weighted by molar-refractivity contribution is 7.55. The van der Waals surface area contributed by atoms with Gasteiger partial charge in [0.15, 0.2) is 0 Å². The molecule has 140 valence electrons. The fraction of sp³-hybridized carbons (Fsp3) is 0.231. The van der Waals surface area contributed by atoms with Crippen LogP contribution in [0.15, 0.2) is 85.2 Å². The van der Waals surface area contributed by atoms with Crippen molar-refractivity contribution in [1.29, 1.82) is 0 Å². The molecule has 1 atom stereocenters. The maximum atomic E-state index is 4.38. The molecule has 0 spiro atoms. The molecule has 1 unspecified atom stereocenters. The molecule has 0 aliphatic heterocycles.